The number of carbonyl (C=O) groups is 1. The maximum Gasteiger partial charge on any atom is 0.335 e. The van der Waals surface area contributed by atoms with Gasteiger partial charge in [0.15, 0.2) is 39.2 Å². The van der Waals surface area contributed by atoms with Gasteiger partial charge in [-0.2, -0.15) is 0 Å². The van der Waals surface area contributed by atoms with Crippen LogP contribution in [0.5, 0.6) is 0 Å². The van der Waals surface area contributed by atoms with Gasteiger partial charge in [0.25, 0.3) is 11.1 Å². The molecular weight excluding hydrogens is 741 g/mol. The normalized spacial score (nSPS) is 25.7. The molecule has 1 unspecified atom stereocenters. The van der Waals surface area contributed by atoms with Crippen molar-refractivity contribution in [3.8, 4) is 0 Å². The van der Waals surface area contributed by atoms with Crippen molar-refractivity contribution >= 4 is 67.2 Å². The Kier molecular flexibility index (Phi) is 11.3. The second-order valence-electron chi connectivity index (χ2n) is 15.0. The van der Waals surface area contributed by atoms with E-state index in [2.05, 4.69) is 75.7 Å². The predicted octanol–water partition coefficient (Wildman–Crippen LogP) is 5.33. The van der Waals surface area contributed by atoms with E-state index in [1.54, 1.807) is 40.1 Å². The minimum absolute atomic E-state index is 0.0142. The van der Waals surface area contributed by atoms with Crippen LogP contribution in [0.4, 0.5) is 5.82 Å². The molecule has 3 saturated heterocycles. The van der Waals surface area contributed by atoms with Crippen molar-refractivity contribution < 1.29 is 35.7 Å². The van der Waals surface area contributed by atoms with Crippen molar-refractivity contribution in [2.45, 2.75) is 102 Å². The van der Waals surface area contributed by atoms with Gasteiger partial charge in [0.1, 0.15) is 18.5 Å². The number of hydrogen-bond donors (Lipinski definition) is 1. The van der Waals surface area contributed by atoms with Crippen molar-refractivity contribution in [3.63, 3.8) is 0 Å². The highest BCUT2D eigenvalue weighted by molar-refractivity contribution is 7.91. The molecule has 3 aliphatic heterocycles. The van der Waals surface area contributed by atoms with Crippen LogP contribution in [0, 0.1) is 0 Å². The van der Waals surface area contributed by atoms with E-state index in [1.165, 1.54) is 6.33 Å². The van der Waals surface area contributed by atoms with Crippen molar-refractivity contribution in [2.24, 2.45) is 0 Å². The molecule has 0 spiro atoms. The number of thiocarbonyl (C=S) groups is 1. The summed E-state index contributed by atoms with van der Waals surface area (Å²) in [6.07, 6.45) is 0.0322. The second kappa shape index (κ2) is 15.1. The zero-order valence-electron chi connectivity index (χ0n) is 31.0. The molecule has 18 heteroatoms. The number of carbonyl (C=O) groups excluding carboxylic acids is 1. The summed E-state index contributed by atoms with van der Waals surface area (Å²) in [6, 6.07) is 8.85. The van der Waals surface area contributed by atoms with E-state index < -0.39 is 51.5 Å². The minimum atomic E-state index is -3.15. The van der Waals surface area contributed by atoms with Crippen LogP contribution < -0.4 is 5.32 Å². The minimum Gasteiger partial charge on any atom is -0.460 e. The Morgan fingerprint density at radius 2 is 1.58 bits per heavy atom. The van der Waals surface area contributed by atoms with E-state index in [-0.39, 0.29) is 70.3 Å². The quantitative estimate of drug-likeness (QED) is 0.231. The van der Waals surface area contributed by atoms with Crippen molar-refractivity contribution in [1.29, 1.82) is 0 Å². The third-order valence-corrected chi connectivity index (χ3v) is 22.6. The SMILES string of the molecule is CC(C)[Si]1(C(C)C)OC[C@H]2O[C@@H](n3cnc4c(NC(=O)c5ccccc5)ncnc43)C(OC(=S)N3CCS(=O)(=O)CC3)[C@H]2O[Si](C(C)C)(C(C)C)O1. The highest BCUT2D eigenvalue weighted by Gasteiger charge is 2.62. The van der Waals surface area contributed by atoms with E-state index in [0.717, 1.165) is 0 Å². The van der Waals surface area contributed by atoms with Crippen molar-refractivity contribution in [3.05, 3.63) is 48.5 Å². The zero-order valence-corrected chi connectivity index (χ0v) is 34.6. The first kappa shape index (κ1) is 38.9. The lowest BCUT2D eigenvalue weighted by atomic mass is 10.1. The molecule has 0 radical (unpaired) electrons. The lowest BCUT2D eigenvalue weighted by Gasteiger charge is -2.51. The number of hydrogen-bond acceptors (Lipinski definition) is 12. The monoisotopic (exact) mass is 790 g/mol. The number of rotatable bonds is 8. The highest BCUT2D eigenvalue weighted by atomic mass is 32.2. The predicted molar refractivity (Wildman–Crippen MR) is 205 cm³/mol. The molecule has 1 amide bonds. The first-order chi connectivity index (χ1) is 24.6. The molecule has 4 atom stereocenters. The van der Waals surface area contributed by atoms with Gasteiger partial charge in [-0.05, 0) is 46.5 Å². The van der Waals surface area contributed by atoms with Crippen molar-refractivity contribution in [1.82, 2.24) is 24.4 Å². The summed E-state index contributed by atoms with van der Waals surface area (Å²) in [4.78, 5) is 28.4. The summed E-state index contributed by atoms with van der Waals surface area (Å²) in [7, 11) is -9.13. The number of amides is 1. The van der Waals surface area contributed by atoms with Gasteiger partial charge >= 0.3 is 17.1 Å². The molecule has 5 heterocycles. The number of aromatic nitrogens is 4. The number of sulfone groups is 1. The Hall–Kier alpha value is -2.85. The average Bonchev–Trinajstić information content (AvgIpc) is 3.65. The molecule has 0 aliphatic carbocycles. The summed E-state index contributed by atoms with van der Waals surface area (Å²) in [5.41, 5.74) is 1.63. The molecule has 284 valence electrons. The van der Waals surface area contributed by atoms with Crippen molar-refractivity contribution in [2.75, 3.05) is 36.5 Å². The number of nitrogens with one attached hydrogen (secondary N) is 1. The van der Waals surface area contributed by atoms with E-state index in [9.17, 15) is 13.2 Å². The van der Waals surface area contributed by atoms with E-state index >= 15 is 0 Å². The molecule has 3 aliphatic rings. The molecule has 3 aromatic rings. The van der Waals surface area contributed by atoms with Crippen LogP contribution in [-0.4, -0.2) is 111 Å². The Bertz CT molecular complexity index is 1850. The molecule has 14 nitrogen and oxygen atoms in total. The topological polar surface area (TPSA) is 156 Å². The highest BCUT2D eigenvalue weighted by Crippen LogP contribution is 2.49. The van der Waals surface area contributed by atoms with Crippen LogP contribution in [0.1, 0.15) is 72.0 Å². The lowest BCUT2D eigenvalue weighted by Crippen LogP contribution is -2.66. The second-order valence-corrected chi connectivity index (χ2v) is 26.5. The van der Waals surface area contributed by atoms with Gasteiger partial charge in [0.05, 0.1) is 24.4 Å². The number of imidazole rings is 1. The summed E-state index contributed by atoms with van der Waals surface area (Å²) in [5, 5.41) is 3.02. The van der Waals surface area contributed by atoms with E-state index in [1.807, 2.05) is 6.07 Å². The van der Waals surface area contributed by atoms with Crippen LogP contribution in [0.3, 0.4) is 0 Å². The number of ether oxygens (including phenoxy) is 2. The Balaban J connectivity index is 1.42. The average molecular weight is 791 g/mol. The molecular formula is C34H50N6O8S2Si2. The van der Waals surface area contributed by atoms with Crippen LogP contribution >= 0.6 is 12.2 Å². The lowest BCUT2D eigenvalue weighted by molar-refractivity contribution is -0.0568. The van der Waals surface area contributed by atoms with Gasteiger partial charge in [0, 0.05) is 18.7 Å². The van der Waals surface area contributed by atoms with E-state index in [4.69, 9.17) is 34.7 Å². The molecule has 1 N–H and O–H groups in total. The first-order valence-corrected chi connectivity index (χ1v) is 24.1. The maximum atomic E-state index is 13.1. The number of benzene rings is 1. The molecule has 6 rings (SSSR count). The van der Waals surface area contributed by atoms with Crippen LogP contribution in [0.25, 0.3) is 11.2 Å². The van der Waals surface area contributed by atoms with Gasteiger partial charge in [-0.15, -0.1) is 0 Å². The summed E-state index contributed by atoms with van der Waals surface area (Å²) in [6.45, 7) is 17.9. The fraction of sp³-hybridized carbons (Fsp3) is 0.618. The Morgan fingerprint density at radius 1 is 0.942 bits per heavy atom. The fourth-order valence-corrected chi connectivity index (χ4v) is 20.2. The molecule has 1 aromatic carbocycles. The molecule has 0 saturated carbocycles. The smallest absolute Gasteiger partial charge is 0.335 e. The van der Waals surface area contributed by atoms with Gasteiger partial charge < -0.3 is 32.7 Å². The number of anilines is 1. The molecule has 2 aromatic heterocycles. The number of nitrogens with zero attached hydrogens (tertiary/aromatic N) is 5. The van der Waals surface area contributed by atoms with Crippen LogP contribution in [-0.2, 0) is 32.3 Å². The first-order valence-electron chi connectivity index (χ1n) is 18.0. The van der Waals surface area contributed by atoms with Gasteiger partial charge in [0.2, 0.25) is 0 Å². The molecule has 0 bridgehead atoms. The molecule has 52 heavy (non-hydrogen) atoms. The standard InChI is InChI=1S/C34H50N6O8S2Si2/c1-21(2)51(22(3)4)44-18-26-28(47-52(48-51,23(5)6)24(7)8)29(46-34(49)39-14-16-50(42,43)17-15-39)33(45-26)40-20-37-27-30(35-19-36-31(27)40)38-32(41)25-12-10-9-11-13-25/h9-13,19-24,26,28-29,33H,14-18H2,1-8H3,(H,35,36,38,41)/t26-,28+,29?,33-/m1/s1. The summed E-state index contributed by atoms with van der Waals surface area (Å²) in [5.74, 6) is -0.120. The third-order valence-electron chi connectivity index (χ3n) is 10.4. The van der Waals surface area contributed by atoms with Gasteiger partial charge in [-0.3, -0.25) is 9.36 Å². The molecule has 3 fully saturated rings. The summed E-state index contributed by atoms with van der Waals surface area (Å²) < 4.78 is 61.7. The largest absolute Gasteiger partial charge is 0.460 e. The third kappa shape index (κ3) is 7.32. The van der Waals surface area contributed by atoms with E-state index in [0.29, 0.717) is 16.7 Å². The maximum absolute atomic E-state index is 13.1. The van der Waals surface area contributed by atoms with Gasteiger partial charge in [-0.25, -0.2) is 23.4 Å². The van der Waals surface area contributed by atoms with Crippen LogP contribution in [0.2, 0.25) is 22.2 Å². The Labute approximate surface area is 313 Å². The summed E-state index contributed by atoms with van der Waals surface area (Å²) >= 11 is 5.85. The van der Waals surface area contributed by atoms with Crippen LogP contribution in [0.15, 0.2) is 43.0 Å². The van der Waals surface area contributed by atoms with Gasteiger partial charge in [-0.1, -0.05) is 73.6 Å². The zero-order chi connectivity index (χ0) is 37.6. The fourth-order valence-electron chi connectivity index (χ4n) is 7.46. The Morgan fingerprint density at radius 3 is 2.19 bits per heavy atom. The number of fused-ring (bicyclic) bond motifs is 2.